The molecule has 0 saturated carbocycles. The molecule has 0 aromatic heterocycles. The Morgan fingerprint density at radius 2 is 2.42 bits per heavy atom. The Labute approximate surface area is 70.8 Å². The lowest BCUT2D eigenvalue weighted by atomic mass is 10.4. The molecule has 0 aliphatic heterocycles. The van der Waals surface area contributed by atoms with E-state index in [0.29, 0.717) is 6.61 Å². The molecule has 3 N–H and O–H groups in total. The molecule has 0 rings (SSSR count). The standard InChI is InChI=1S/C7H13NO4/c1-2-3-11-5-6(4-9)12-7(8)10/h2,6,9H,1,3-5H2,(H2,8,10). The van der Waals surface area contributed by atoms with E-state index in [4.69, 9.17) is 15.6 Å². The number of primary amides is 1. The maximum atomic E-state index is 10.2. The predicted molar refractivity (Wildman–Crippen MR) is 42.6 cm³/mol. The highest BCUT2D eigenvalue weighted by atomic mass is 16.6. The van der Waals surface area contributed by atoms with Crippen LogP contribution in [0.2, 0.25) is 0 Å². The lowest BCUT2D eigenvalue weighted by molar-refractivity contribution is 0.00330. The summed E-state index contributed by atoms with van der Waals surface area (Å²) in [5, 5.41) is 8.64. The normalized spacial score (nSPS) is 12.1. The van der Waals surface area contributed by atoms with E-state index in [-0.39, 0.29) is 13.2 Å². The third-order valence-corrected chi connectivity index (χ3v) is 1.03. The first kappa shape index (κ1) is 10.9. The molecule has 12 heavy (non-hydrogen) atoms. The van der Waals surface area contributed by atoms with Gasteiger partial charge in [0.1, 0.15) is 6.10 Å². The van der Waals surface area contributed by atoms with E-state index in [1.165, 1.54) is 0 Å². The van der Waals surface area contributed by atoms with E-state index < -0.39 is 12.2 Å². The van der Waals surface area contributed by atoms with E-state index >= 15 is 0 Å². The van der Waals surface area contributed by atoms with Crippen molar-refractivity contribution in [2.75, 3.05) is 19.8 Å². The number of hydrogen-bond donors (Lipinski definition) is 2. The molecule has 5 nitrogen and oxygen atoms in total. The minimum atomic E-state index is -0.920. The lowest BCUT2D eigenvalue weighted by Gasteiger charge is -2.12. The predicted octanol–water partition coefficient (Wildman–Crippen LogP) is -0.355. The molecule has 0 fully saturated rings. The van der Waals surface area contributed by atoms with Gasteiger partial charge < -0.3 is 20.3 Å². The van der Waals surface area contributed by atoms with Crippen LogP contribution in [0.25, 0.3) is 0 Å². The number of aliphatic hydroxyl groups is 1. The fourth-order valence-electron chi connectivity index (χ4n) is 0.571. The summed E-state index contributed by atoms with van der Waals surface area (Å²) in [5.74, 6) is 0. The summed E-state index contributed by atoms with van der Waals surface area (Å²) in [4.78, 5) is 10.2. The topological polar surface area (TPSA) is 81.8 Å². The first-order chi connectivity index (χ1) is 5.70. The number of carbonyl (C=O) groups excluding carboxylic acids is 1. The molecule has 0 aliphatic rings. The highest BCUT2D eigenvalue weighted by molar-refractivity contribution is 5.64. The Kier molecular flexibility index (Phi) is 6.04. The lowest BCUT2D eigenvalue weighted by Crippen LogP contribution is -2.29. The van der Waals surface area contributed by atoms with Crippen molar-refractivity contribution < 1.29 is 19.4 Å². The van der Waals surface area contributed by atoms with E-state index in [0.717, 1.165) is 0 Å². The second-order valence-corrected chi connectivity index (χ2v) is 2.07. The second kappa shape index (κ2) is 6.63. The summed E-state index contributed by atoms with van der Waals surface area (Å²) < 4.78 is 9.40. The zero-order chi connectivity index (χ0) is 9.40. The third kappa shape index (κ3) is 5.70. The van der Waals surface area contributed by atoms with Crippen LogP contribution in [0, 0.1) is 0 Å². The summed E-state index contributed by atoms with van der Waals surface area (Å²) in [6, 6.07) is 0. The maximum absolute atomic E-state index is 10.2. The first-order valence-electron chi connectivity index (χ1n) is 3.46. The molecule has 0 bridgehead atoms. The molecule has 0 aromatic carbocycles. The average molecular weight is 175 g/mol. The number of hydrogen-bond acceptors (Lipinski definition) is 4. The van der Waals surface area contributed by atoms with Gasteiger partial charge in [0.15, 0.2) is 0 Å². The SMILES string of the molecule is C=CCOCC(CO)OC(N)=O. The van der Waals surface area contributed by atoms with Gasteiger partial charge in [-0.15, -0.1) is 6.58 Å². The maximum Gasteiger partial charge on any atom is 0.404 e. The van der Waals surface area contributed by atoms with Crippen molar-refractivity contribution in [2.45, 2.75) is 6.10 Å². The Morgan fingerprint density at radius 1 is 1.75 bits per heavy atom. The van der Waals surface area contributed by atoms with Gasteiger partial charge in [0, 0.05) is 0 Å². The van der Waals surface area contributed by atoms with Gasteiger partial charge in [0.05, 0.1) is 19.8 Å². The second-order valence-electron chi connectivity index (χ2n) is 2.07. The number of ether oxygens (including phenoxy) is 2. The van der Waals surface area contributed by atoms with Crippen LogP contribution in [0.15, 0.2) is 12.7 Å². The van der Waals surface area contributed by atoms with Crippen LogP contribution in [0.3, 0.4) is 0 Å². The largest absolute Gasteiger partial charge is 0.441 e. The molecule has 5 heteroatoms. The minimum Gasteiger partial charge on any atom is -0.441 e. The van der Waals surface area contributed by atoms with Crippen LogP contribution in [0.1, 0.15) is 0 Å². The van der Waals surface area contributed by atoms with E-state index in [1.54, 1.807) is 6.08 Å². The highest BCUT2D eigenvalue weighted by Gasteiger charge is 2.10. The Hall–Kier alpha value is -1.07. The molecule has 0 aliphatic carbocycles. The molecule has 0 heterocycles. The summed E-state index contributed by atoms with van der Waals surface area (Å²) in [5.41, 5.74) is 4.73. The molecule has 0 spiro atoms. The van der Waals surface area contributed by atoms with Gasteiger partial charge in [-0.05, 0) is 0 Å². The van der Waals surface area contributed by atoms with Gasteiger partial charge in [0.25, 0.3) is 0 Å². The zero-order valence-electron chi connectivity index (χ0n) is 6.73. The van der Waals surface area contributed by atoms with E-state index in [1.807, 2.05) is 0 Å². The zero-order valence-corrected chi connectivity index (χ0v) is 6.73. The molecule has 1 atom stereocenters. The van der Waals surface area contributed by atoms with Crippen molar-refractivity contribution >= 4 is 6.09 Å². The first-order valence-corrected chi connectivity index (χ1v) is 3.46. The van der Waals surface area contributed by atoms with Gasteiger partial charge in [-0.2, -0.15) is 0 Å². The fourth-order valence-corrected chi connectivity index (χ4v) is 0.571. The van der Waals surface area contributed by atoms with Crippen LogP contribution in [-0.2, 0) is 9.47 Å². The highest BCUT2D eigenvalue weighted by Crippen LogP contribution is 1.92. The monoisotopic (exact) mass is 175 g/mol. The summed E-state index contributed by atoms with van der Waals surface area (Å²) in [6.07, 6.45) is -0.0580. The quantitative estimate of drug-likeness (QED) is 0.427. The third-order valence-electron chi connectivity index (χ3n) is 1.03. The molecule has 0 saturated heterocycles. The van der Waals surface area contributed by atoms with Crippen LogP contribution >= 0.6 is 0 Å². The Balaban J connectivity index is 3.52. The van der Waals surface area contributed by atoms with E-state index in [2.05, 4.69) is 11.3 Å². The van der Waals surface area contributed by atoms with Crippen molar-refractivity contribution in [2.24, 2.45) is 5.73 Å². The molecule has 0 radical (unpaired) electrons. The van der Waals surface area contributed by atoms with Crippen molar-refractivity contribution in [3.63, 3.8) is 0 Å². The van der Waals surface area contributed by atoms with Crippen molar-refractivity contribution in [1.82, 2.24) is 0 Å². The molecule has 1 amide bonds. The molecular weight excluding hydrogens is 162 g/mol. The van der Waals surface area contributed by atoms with Gasteiger partial charge in [0.2, 0.25) is 0 Å². The molecule has 70 valence electrons. The Morgan fingerprint density at radius 3 is 2.83 bits per heavy atom. The van der Waals surface area contributed by atoms with Gasteiger partial charge in [-0.1, -0.05) is 6.08 Å². The van der Waals surface area contributed by atoms with Gasteiger partial charge >= 0.3 is 6.09 Å². The smallest absolute Gasteiger partial charge is 0.404 e. The molecular formula is C7H13NO4. The van der Waals surface area contributed by atoms with Crippen molar-refractivity contribution in [1.29, 1.82) is 0 Å². The van der Waals surface area contributed by atoms with Crippen LogP contribution in [-0.4, -0.2) is 37.1 Å². The summed E-state index contributed by atoms with van der Waals surface area (Å²) >= 11 is 0. The number of aliphatic hydroxyl groups excluding tert-OH is 1. The van der Waals surface area contributed by atoms with Gasteiger partial charge in [-0.25, -0.2) is 4.79 Å². The minimum absolute atomic E-state index is 0.117. The van der Waals surface area contributed by atoms with Crippen molar-refractivity contribution in [3.8, 4) is 0 Å². The van der Waals surface area contributed by atoms with Crippen LogP contribution in [0.4, 0.5) is 4.79 Å². The van der Waals surface area contributed by atoms with Crippen LogP contribution < -0.4 is 5.73 Å². The van der Waals surface area contributed by atoms with Crippen LogP contribution in [0.5, 0.6) is 0 Å². The summed E-state index contributed by atoms with van der Waals surface area (Å²) in [6.45, 7) is 3.58. The average Bonchev–Trinajstić information content (AvgIpc) is 2.02. The number of carbonyl (C=O) groups is 1. The van der Waals surface area contributed by atoms with Crippen molar-refractivity contribution in [3.05, 3.63) is 12.7 Å². The summed E-state index contributed by atoms with van der Waals surface area (Å²) in [7, 11) is 0. The number of amides is 1. The fraction of sp³-hybridized carbons (Fsp3) is 0.571. The van der Waals surface area contributed by atoms with E-state index in [9.17, 15) is 4.79 Å². The number of rotatable bonds is 6. The molecule has 0 aromatic rings. The van der Waals surface area contributed by atoms with Gasteiger partial charge in [-0.3, -0.25) is 0 Å². The molecule has 1 unspecified atom stereocenters. The number of nitrogens with two attached hydrogens (primary N) is 1. The Bertz CT molecular complexity index is 148.